The summed E-state index contributed by atoms with van der Waals surface area (Å²) in [7, 11) is 0. The lowest BCUT2D eigenvalue weighted by atomic mass is 9.89. The number of nitrogens with zero attached hydrogens (tertiary/aromatic N) is 1. The van der Waals surface area contributed by atoms with E-state index in [9.17, 15) is 9.90 Å². The lowest BCUT2D eigenvalue weighted by Crippen LogP contribution is -2.43. The van der Waals surface area contributed by atoms with Crippen LogP contribution in [-0.4, -0.2) is 36.1 Å². The number of aliphatic imine (C=N–C) groups is 1. The fraction of sp³-hybridized carbons (Fsp3) is 0.579. The van der Waals surface area contributed by atoms with Gasteiger partial charge in [-0.15, -0.1) is 0 Å². The summed E-state index contributed by atoms with van der Waals surface area (Å²) in [6.07, 6.45) is 2.15. The van der Waals surface area contributed by atoms with Crippen molar-refractivity contribution in [1.29, 1.82) is 0 Å². The van der Waals surface area contributed by atoms with Crippen molar-refractivity contribution in [2.45, 2.75) is 53.5 Å². The predicted octanol–water partition coefficient (Wildman–Crippen LogP) is 3.10. The first-order valence-corrected chi connectivity index (χ1v) is 8.83. The smallest absolute Gasteiger partial charge is 0.246 e. The Morgan fingerprint density at radius 1 is 1.24 bits per heavy atom. The molecular weight excluding hydrogens is 316 g/mol. The van der Waals surface area contributed by atoms with E-state index in [4.69, 9.17) is 0 Å². The van der Waals surface area contributed by atoms with E-state index in [2.05, 4.69) is 48.6 Å². The number of phenols is 1. The zero-order chi connectivity index (χ0) is 18.9. The number of benzene rings is 1. The van der Waals surface area contributed by atoms with Crippen LogP contribution in [0.5, 0.6) is 5.75 Å². The quantitative estimate of drug-likeness (QED) is 0.346. The fourth-order valence-corrected chi connectivity index (χ4v) is 2.17. The van der Waals surface area contributed by atoms with Gasteiger partial charge in [-0.05, 0) is 56.4 Å². The van der Waals surface area contributed by atoms with Crippen LogP contribution in [-0.2, 0) is 4.79 Å². The normalized spacial score (nSPS) is 13.2. The van der Waals surface area contributed by atoms with Crippen LogP contribution in [0.3, 0.4) is 0 Å². The molecule has 6 heteroatoms. The van der Waals surface area contributed by atoms with Gasteiger partial charge in [-0.1, -0.05) is 20.8 Å². The van der Waals surface area contributed by atoms with Gasteiger partial charge in [-0.25, -0.2) is 4.99 Å². The summed E-state index contributed by atoms with van der Waals surface area (Å²) >= 11 is 0. The summed E-state index contributed by atoms with van der Waals surface area (Å²) in [6.45, 7) is 11.6. The average molecular weight is 348 g/mol. The van der Waals surface area contributed by atoms with Gasteiger partial charge >= 0.3 is 0 Å². The van der Waals surface area contributed by atoms with Crippen LogP contribution < -0.4 is 16.0 Å². The van der Waals surface area contributed by atoms with Gasteiger partial charge in [0.25, 0.3) is 0 Å². The highest BCUT2D eigenvalue weighted by Gasteiger charge is 2.13. The first-order valence-electron chi connectivity index (χ1n) is 8.83. The Morgan fingerprint density at radius 2 is 1.88 bits per heavy atom. The van der Waals surface area contributed by atoms with E-state index in [0.717, 1.165) is 19.4 Å². The number of aromatic hydroxyl groups is 1. The minimum atomic E-state index is -0.203. The van der Waals surface area contributed by atoms with Crippen molar-refractivity contribution in [3.8, 4) is 5.75 Å². The lowest BCUT2D eigenvalue weighted by Gasteiger charge is -2.23. The van der Waals surface area contributed by atoms with Crippen molar-refractivity contribution >= 4 is 17.6 Å². The second-order valence-corrected chi connectivity index (χ2v) is 7.43. The number of rotatable bonds is 7. The van der Waals surface area contributed by atoms with Gasteiger partial charge in [-0.2, -0.15) is 0 Å². The topological polar surface area (TPSA) is 85.8 Å². The third kappa shape index (κ3) is 9.59. The maximum atomic E-state index is 12.0. The molecule has 140 valence electrons. The van der Waals surface area contributed by atoms with Crippen LogP contribution in [0.1, 0.15) is 47.5 Å². The zero-order valence-electron chi connectivity index (χ0n) is 16.0. The molecule has 0 saturated heterocycles. The van der Waals surface area contributed by atoms with Gasteiger partial charge in [0.05, 0.1) is 0 Å². The Kier molecular flexibility index (Phi) is 8.25. The number of carbonyl (C=O) groups excluding carboxylic acids is 1. The maximum absolute atomic E-state index is 12.0. The molecule has 0 radical (unpaired) electrons. The van der Waals surface area contributed by atoms with E-state index in [-0.39, 0.29) is 24.2 Å². The lowest BCUT2D eigenvalue weighted by molar-refractivity contribution is -0.114. The molecule has 1 amide bonds. The van der Waals surface area contributed by atoms with E-state index in [1.807, 2.05) is 6.92 Å². The number of amides is 1. The highest BCUT2D eigenvalue weighted by Crippen LogP contribution is 2.21. The van der Waals surface area contributed by atoms with Gasteiger partial charge in [0.15, 0.2) is 5.96 Å². The molecule has 25 heavy (non-hydrogen) atoms. The number of nitrogens with one attached hydrogen (secondary N) is 3. The zero-order valence-corrected chi connectivity index (χ0v) is 16.0. The summed E-state index contributed by atoms with van der Waals surface area (Å²) in [4.78, 5) is 16.4. The number of guanidine groups is 1. The number of carbonyl (C=O) groups is 1. The highest BCUT2D eigenvalue weighted by atomic mass is 16.3. The Morgan fingerprint density at radius 3 is 2.44 bits per heavy atom. The first kappa shape index (κ1) is 20.8. The molecule has 6 nitrogen and oxygen atoms in total. The van der Waals surface area contributed by atoms with Crippen LogP contribution >= 0.6 is 0 Å². The Balaban J connectivity index is 2.53. The van der Waals surface area contributed by atoms with Gasteiger partial charge in [0, 0.05) is 18.3 Å². The predicted molar refractivity (Wildman–Crippen MR) is 104 cm³/mol. The number of hydrogen-bond donors (Lipinski definition) is 4. The van der Waals surface area contributed by atoms with E-state index in [1.54, 1.807) is 12.1 Å². The Hall–Kier alpha value is -2.24. The van der Waals surface area contributed by atoms with E-state index < -0.39 is 0 Å². The fourth-order valence-electron chi connectivity index (χ4n) is 2.17. The average Bonchev–Trinajstić information content (AvgIpc) is 2.52. The molecule has 0 saturated carbocycles. The monoisotopic (exact) mass is 348 g/mol. The van der Waals surface area contributed by atoms with Crippen molar-refractivity contribution in [3.05, 3.63) is 24.3 Å². The molecule has 0 bridgehead atoms. The molecule has 4 N–H and O–H groups in total. The third-order valence-corrected chi connectivity index (χ3v) is 3.59. The molecule has 1 aromatic rings. The summed E-state index contributed by atoms with van der Waals surface area (Å²) < 4.78 is 0. The molecule has 1 rings (SSSR count). The van der Waals surface area contributed by atoms with Crippen molar-refractivity contribution in [3.63, 3.8) is 0 Å². The van der Waals surface area contributed by atoms with Crippen LogP contribution in [0.4, 0.5) is 5.69 Å². The van der Waals surface area contributed by atoms with Crippen molar-refractivity contribution in [1.82, 2.24) is 10.6 Å². The summed E-state index contributed by atoms with van der Waals surface area (Å²) in [6, 6.07) is 6.63. The third-order valence-electron chi connectivity index (χ3n) is 3.59. The SMILES string of the molecule is CCNC(=NCC(=O)Nc1ccc(O)cc1)NC(C)CCC(C)(C)C. The van der Waals surface area contributed by atoms with Gasteiger partial charge in [0.1, 0.15) is 12.3 Å². The van der Waals surface area contributed by atoms with Crippen LogP contribution in [0, 0.1) is 5.41 Å². The summed E-state index contributed by atoms with van der Waals surface area (Å²) in [5.74, 6) is 0.605. The molecule has 0 heterocycles. The molecule has 1 atom stereocenters. The molecule has 0 aromatic heterocycles. The molecule has 0 aliphatic rings. The van der Waals surface area contributed by atoms with Gasteiger partial charge in [-0.3, -0.25) is 4.79 Å². The molecule has 0 spiro atoms. The second-order valence-electron chi connectivity index (χ2n) is 7.43. The van der Waals surface area contributed by atoms with Crippen LogP contribution in [0.15, 0.2) is 29.3 Å². The van der Waals surface area contributed by atoms with Crippen molar-refractivity contribution < 1.29 is 9.90 Å². The van der Waals surface area contributed by atoms with Crippen LogP contribution in [0.25, 0.3) is 0 Å². The molecule has 0 fully saturated rings. The molecule has 0 aliphatic heterocycles. The minimum absolute atomic E-state index is 0.0300. The summed E-state index contributed by atoms with van der Waals surface area (Å²) in [5, 5.41) is 18.5. The van der Waals surface area contributed by atoms with E-state index in [0.29, 0.717) is 17.1 Å². The Labute approximate surface area is 151 Å². The van der Waals surface area contributed by atoms with E-state index in [1.165, 1.54) is 12.1 Å². The Bertz CT molecular complexity index is 562. The van der Waals surface area contributed by atoms with Crippen molar-refractivity contribution in [2.75, 3.05) is 18.4 Å². The number of hydrogen-bond acceptors (Lipinski definition) is 3. The standard InChI is InChI=1S/C19H32N4O2/c1-6-20-18(22-14(2)11-12-19(3,4)5)21-13-17(25)23-15-7-9-16(24)10-8-15/h7-10,14,24H,6,11-13H2,1-5H3,(H,23,25)(H2,20,21,22). The minimum Gasteiger partial charge on any atom is -0.508 e. The van der Waals surface area contributed by atoms with E-state index >= 15 is 0 Å². The first-order chi connectivity index (χ1) is 11.7. The maximum Gasteiger partial charge on any atom is 0.246 e. The summed E-state index contributed by atoms with van der Waals surface area (Å²) in [5.41, 5.74) is 0.935. The van der Waals surface area contributed by atoms with Crippen molar-refractivity contribution in [2.24, 2.45) is 10.4 Å². The molecular formula is C19H32N4O2. The number of phenolic OH excluding ortho intramolecular Hbond substituents is 1. The highest BCUT2D eigenvalue weighted by molar-refractivity contribution is 5.94. The second kappa shape index (κ2) is 9.91. The molecule has 1 aromatic carbocycles. The van der Waals surface area contributed by atoms with Gasteiger partial charge < -0.3 is 21.1 Å². The molecule has 1 unspecified atom stereocenters. The largest absolute Gasteiger partial charge is 0.508 e. The number of anilines is 1. The van der Waals surface area contributed by atoms with Gasteiger partial charge in [0.2, 0.25) is 5.91 Å². The van der Waals surface area contributed by atoms with Crippen LogP contribution in [0.2, 0.25) is 0 Å². The molecule has 0 aliphatic carbocycles.